The van der Waals surface area contributed by atoms with Crippen molar-refractivity contribution in [3.05, 3.63) is 71.8 Å². The van der Waals surface area contributed by atoms with Gasteiger partial charge in [0.2, 0.25) is 0 Å². The number of hydrogen-bond donors (Lipinski definition) is 1. The van der Waals surface area contributed by atoms with Crippen molar-refractivity contribution >= 4 is 23.2 Å². The molecule has 0 saturated carbocycles. The van der Waals surface area contributed by atoms with Gasteiger partial charge >= 0.3 is 0 Å². The van der Waals surface area contributed by atoms with E-state index in [2.05, 4.69) is 15.3 Å². The van der Waals surface area contributed by atoms with Crippen molar-refractivity contribution in [1.82, 2.24) is 15.1 Å². The van der Waals surface area contributed by atoms with Gasteiger partial charge in [-0.15, -0.1) is 0 Å². The number of aromatic nitrogens is 2. The Labute approximate surface area is 226 Å². The van der Waals surface area contributed by atoms with Crippen LogP contribution >= 0.6 is 0 Å². The number of halogens is 1. The Kier molecular flexibility index (Phi) is 6.72. The second kappa shape index (κ2) is 10.3. The fourth-order valence-electron chi connectivity index (χ4n) is 5.79. The van der Waals surface area contributed by atoms with Crippen molar-refractivity contribution in [3.8, 4) is 5.75 Å². The molecule has 2 fully saturated rings. The Morgan fingerprint density at radius 3 is 2.74 bits per heavy atom. The number of nitrogens with one attached hydrogen (secondary N) is 1. The lowest BCUT2D eigenvalue weighted by Gasteiger charge is -2.33. The van der Waals surface area contributed by atoms with E-state index in [1.54, 1.807) is 7.05 Å². The molecule has 2 saturated heterocycles. The molecule has 1 N–H and O–H groups in total. The van der Waals surface area contributed by atoms with Gasteiger partial charge in [-0.3, -0.25) is 14.3 Å². The number of fused-ring (bicyclic) bond motifs is 1. The van der Waals surface area contributed by atoms with Gasteiger partial charge in [0.25, 0.3) is 11.8 Å². The molecule has 6 rings (SSSR count). The molecule has 0 unspecified atom stereocenters. The standard InChI is InChI=1S/C29H32FN5O4/c1-33-24-8-7-21(34-12-9-29(19-34)10-13-38-14-11-29)15-25(24)39-18-23(28(33)37)31-27(36)26-22(30)17-35(32-26)16-20-5-3-2-4-6-20/h2-8,15,17,23H,9-14,16,18-19H2,1H3,(H,31,36)/t23-/m1/s1. The number of benzene rings is 2. The molecule has 0 bridgehead atoms. The Hall–Kier alpha value is -3.92. The predicted octanol–water partition coefficient (Wildman–Crippen LogP) is 3.23. The summed E-state index contributed by atoms with van der Waals surface area (Å²) in [7, 11) is 1.65. The summed E-state index contributed by atoms with van der Waals surface area (Å²) in [6, 6.07) is 14.3. The van der Waals surface area contributed by atoms with Crippen molar-refractivity contribution in [1.29, 1.82) is 0 Å². The van der Waals surface area contributed by atoms with Crippen molar-refractivity contribution in [2.75, 3.05) is 49.8 Å². The SMILES string of the molecule is CN1C(=O)[C@H](NC(=O)c2nn(Cc3ccccc3)cc2F)COc2cc(N3CCC4(CCOCC4)C3)ccc21. The van der Waals surface area contributed by atoms with Crippen LogP contribution in [0.4, 0.5) is 15.8 Å². The number of amides is 2. The first-order valence-electron chi connectivity index (χ1n) is 13.4. The molecule has 10 heteroatoms. The van der Waals surface area contributed by atoms with E-state index in [1.807, 2.05) is 48.5 Å². The van der Waals surface area contributed by atoms with Crippen LogP contribution in [-0.2, 0) is 16.1 Å². The molecule has 2 amide bonds. The smallest absolute Gasteiger partial charge is 0.275 e. The summed E-state index contributed by atoms with van der Waals surface area (Å²) in [5.41, 5.74) is 2.54. The minimum Gasteiger partial charge on any atom is -0.489 e. The van der Waals surface area contributed by atoms with Gasteiger partial charge in [0.15, 0.2) is 11.5 Å². The Morgan fingerprint density at radius 2 is 1.95 bits per heavy atom. The van der Waals surface area contributed by atoms with Gasteiger partial charge < -0.3 is 24.6 Å². The summed E-state index contributed by atoms with van der Waals surface area (Å²) in [6.45, 7) is 3.83. The first-order valence-corrected chi connectivity index (χ1v) is 13.4. The zero-order valence-electron chi connectivity index (χ0n) is 21.9. The average molecular weight is 534 g/mol. The summed E-state index contributed by atoms with van der Waals surface area (Å²) < 4.78 is 27.6. The Bertz CT molecular complexity index is 1370. The highest BCUT2D eigenvalue weighted by Crippen LogP contribution is 2.43. The highest BCUT2D eigenvalue weighted by Gasteiger charge is 2.40. The first-order chi connectivity index (χ1) is 18.9. The molecule has 2 aromatic carbocycles. The van der Waals surface area contributed by atoms with Crippen LogP contribution in [0.2, 0.25) is 0 Å². The normalized spacial score (nSPS) is 20.5. The average Bonchev–Trinajstić information content (AvgIpc) is 3.50. The summed E-state index contributed by atoms with van der Waals surface area (Å²) >= 11 is 0. The number of ether oxygens (including phenoxy) is 2. The quantitative estimate of drug-likeness (QED) is 0.542. The van der Waals surface area contributed by atoms with E-state index >= 15 is 0 Å². The van der Waals surface area contributed by atoms with E-state index in [1.165, 1.54) is 15.8 Å². The van der Waals surface area contributed by atoms with Crippen LogP contribution in [-0.4, -0.2) is 67.6 Å². The van der Waals surface area contributed by atoms with Gasteiger partial charge in [-0.05, 0) is 42.4 Å². The highest BCUT2D eigenvalue weighted by molar-refractivity contribution is 6.03. The fraction of sp³-hybridized carbons (Fsp3) is 0.414. The highest BCUT2D eigenvalue weighted by atomic mass is 19.1. The van der Waals surface area contributed by atoms with E-state index < -0.39 is 17.8 Å². The largest absolute Gasteiger partial charge is 0.489 e. The number of nitrogens with zero attached hydrogens (tertiary/aromatic N) is 4. The van der Waals surface area contributed by atoms with E-state index in [0.29, 0.717) is 23.4 Å². The second-order valence-electron chi connectivity index (χ2n) is 10.7. The third-order valence-corrected chi connectivity index (χ3v) is 8.12. The number of rotatable bonds is 5. The number of likely N-dealkylation sites (N-methyl/N-ethyl adjacent to an activating group) is 1. The molecule has 3 aromatic rings. The molecule has 0 radical (unpaired) electrons. The van der Waals surface area contributed by atoms with Crippen LogP contribution in [0.25, 0.3) is 0 Å². The number of carbonyl (C=O) groups excluding carboxylic acids is 2. The number of carbonyl (C=O) groups is 2. The maximum absolute atomic E-state index is 14.6. The minimum absolute atomic E-state index is 0.0705. The van der Waals surface area contributed by atoms with Gasteiger partial charge in [0.1, 0.15) is 18.4 Å². The van der Waals surface area contributed by atoms with Crippen LogP contribution in [0.5, 0.6) is 5.75 Å². The molecule has 204 valence electrons. The van der Waals surface area contributed by atoms with Crippen LogP contribution in [0.3, 0.4) is 0 Å². The lowest BCUT2D eigenvalue weighted by Crippen LogP contribution is -2.49. The molecule has 1 spiro atoms. The monoisotopic (exact) mass is 533 g/mol. The molecule has 9 nitrogen and oxygen atoms in total. The molecule has 3 aliphatic heterocycles. The maximum Gasteiger partial charge on any atom is 0.275 e. The molecule has 3 aliphatic rings. The van der Waals surface area contributed by atoms with Crippen molar-refractivity contribution in [3.63, 3.8) is 0 Å². The molecule has 1 atom stereocenters. The number of hydrogen-bond acceptors (Lipinski definition) is 6. The fourth-order valence-corrected chi connectivity index (χ4v) is 5.79. The van der Waals surface area contributed by atoms with Crippen LogP contribution in [0.15, 0.2) is 54.7 Å². The van der Waals surface area contributed by atoms with Crippen LogP contribution < -0.4 is 19.9 Å². The topological polar surface area (TPSA) is 88.9 Å². The van der Waals surface area contributed by atoms with E-state index in [9.17, 15) is 14.0 Å². The molecule has 39 heavy (non-hydrogen) atoms. The summed E-state index contributed by atoms with van der Waals surface area (Å²) in [6.07, 6.45) is 4.47. The zero-order chi connectivity index (χ0) is 27.0. The lowest BCUT2D eigenvalue weighted by atomic mass is 9.80. The van der Waals surface area contributed by atoms with Crippen molar-refractivity contribution < 1.29 is 23.5 Å². The van der Waals surface area contributed by atoms with Gasteiger partial charge in [-0.2, -0.15) is 5.10 Å². The predicted molar refractivity (Wildman–Crippen MR) is 144 cm³/mol. The Balaban J connectivity index is 1.14. The third-order valence-electron chi connectivity index (χ3n) is 8.12. The lowest BCUT2D eigenvalue weighted by molar-refractivity contribution is -0.120. The van der Waals surface area contributed by atoms with Gasteiger partial charge in [0.05, 0.1) is 18.4 Å². The molecular formula is C29H32FN5O4. The van der Waals surface area contributed by atoms with Gasteiger partial charge in [0, 0.05) is 45.1 Å². The minimum atomic E-state index is -0.991. The molecule has 1 aromatic heterocycles. The molecule has 0 aliphatic carbocycles. The second-order valence-corrected chi connectivity index (χ2v) is 10.7. The van der Waals surface area contributed by atoms with Gasteiger partial charge in [-0.1, -0.05) is 30.3 Å². The molecular weight excluding hydrogens is 501 g/mol. The van der Waals surface area contributed by atoms with Crippen LogP contribution in [0.1, 0.15) is 35.3 Å². The summed E-state index contributed by atoms with van der Waals surface area (Å²) in [4.78, 5) is 30.0. The summed E-state index contributed by atoms with van der Waals surface area (Å²) in [5, 5.41) is 6.74. The summed E-state index contributed by atoms with van der Waals surface area (Å²) in [5.74, 6) is -1.28. The van der Waals surface area contributed by atoms with Crippen molar-refractivity contribution in [2.45, 2.75) is 31.8 Å². The van der Waals surface area contributed by atoms with E-state index in [0.717, 1.165) is 56.8 Å². The van der Waals surface area contributed by atoms with Gasteiger partial charge in [-0.25, -0.2) is 4.39 Å². The zero-order valence-corrected chi connectivity index (χ0v) is 21.9. The third kappa shape index (κ3) is 5.08. The van der Waals surface area contributed by atoms with E-state index in [-0.39, 0.29) is 18.2 Å². The molecule has 4 heterocycles. The van der Waals surface area contributed by atoms with E-state index in [4.69, 9.17) is 9.47 Å². The Morgan fingerprint density at radius 1 is 1.15 bits per heavy atom. The van der Waals surface area contributed by atoms with Crippen LogP contribution in [0, 0.1) is 11.2 Å². The van der Waals surface area contributed by atoms with Crippen molar-refractivity contribution in [2.24, 2.45) is 5.41 Å². The maximum atomic E-state index is 14.6. The number of anilines is 2. The first kappa shape index (κ1) is 25.4.